The second kappa shape index (κ2) is 3.62. The highest BCUT2D eigenvalue weighted by molar-refractivity contribution is 9.10. The van der Waals surface area contributed by atoms with Crippen LogP contribution >= 0.6 is 15.9 Å². The van der Waals surface area contributed by atoms with Crippen LogP contribution in [0.2, 0.25) is 0 Å². The zero-order chi connectivity index (χ0) is 11.0. The van der Waals surface area contributed by atoms with Crippen LogP contribution < -0.4 is 0 Å². The molecule has 0 saturated heterocycles. The van der Waals surface area contributed by atoms with Gasteiger partial charge in [-0.05, 0) is 34.5 Å². The van der Waals surface area contributed by atoms with Crippen LogP contribution in [-0.4, -0.2) is 16.1 Å². The van der Waals surface area contributed by atoms with Gasteiger partial charge < -0.3 is 5.11 Å². The second-order valence-electron chi connectivity index (χ2n) is 3.27. The molecule has 0 atom stereocenters. The number of nitrogens with zero attached hydrogens (tertiary/aromatic N) is 1. The topological polar surface area (TPSA) is 50.2 Å². The normalized spacial score (nSPS) is 10.5. The Balaban J connectivity index is 2.92. The third-order valence-corrected chi connectivity index (χ3v) is 2.65. The smallest absolute Gasteiger partial charge is 0.336 e. The van der Waals surface area contributed by atoms with Gasteiger partial charge in [0.2, 0.25) is 0 Å². The Kier molecular flexibility index (Phi) is 2.44. The predicted molar refractivity (Wildman–Crippen MR) is 61.1 cm³/mol. The number of halogens is 1. The van der Waals surface area contributed by atoms with E-state index in [9.17, 15) is 4.79 Å². The number of aryl methyl sites for hydroxylation is 1. The van der Waals surface area contributed by atoms with Gasteiger partial charge in [0.05, 0.1) is 11.1 Å². The van der Waals surface area contributed by atoms with Crippen LogP contribution in [0.15, 0.2) is 28.9 Å². The molecule has 0 radical (unpaired) electrons. The molecule has 2 aromatic rings. The van der Waals surface area contributed by atoms with Crippen LogP contribution in [0.1, 0.15) is 15.9 Å². The summed E-state index contributed by atoms with van der Waals surface area (Å²) in [7, 11) is 0. The van der Waals surface area contributed by atoms with Crippen molar-refractivity contribution < 1.29 is 9.90 Å². The van der Waals surface area contributed by atoms with E-state index >= 15 is 0 Å². The molecule has 0 aliphatic rings. The third kappa shape index (κ3) is 1.72. The molecule has 1 heterocycles. The highest BCUT2D eigenvalue weighted by Crippen LogP contribution is 2.23. The van der Waals surface area contributed by atoms with Gasteiger partial charge in [-0.1, -0.05) is 18.2 Å². The molecule has 1 aromatic carbocycles. The predicted octanol–water partition coefficient (Wildman–Crippen LogP) is 3.00. The van der Waals surface area contributed by atoms with E-state index < -0.39 is 5.97 Å². The van der Waals surface area contributed by atoms with Crippen molar-refractivity contribution in [1.82, 2.24) is 4.98 Å². The number of carboxylic acid groups (broad SMARTS) is 1. The highest BCUT2D eigenvalue weighted by atomic mass is 79.9. The van der Waals surface area contributed by atoms with E-state index in [4.69, 9.17) is 5.11 Å². The molecule has 0 aliphatic heterocycles. The maximum atomic E-state index is 11.0. The van der Waals surface area contributed by atoms with E-state index in [1.165, 1.54) is 6.07 Å². The van der Waals surface area contributed by atoms with Crippen LogP contribution in [0.4, 0.5) is 0 Å². The van der Waals surface area contributed by atoms with Crippen molar-refractivity contribution in [3.8, 4) is 0 Å². The number of aromatic carboxylic acids is 1. The summed E-state index contributed by atoms with van der Waals surface area (Å²) in [5.74, 6) is -0.936. The average molecular weight is 266 g/mol. The first-order valence-corrected chi connectivity index (χ1v) is 5.18. The number of aromatic nitrogens is 1. The quantitative estimate of drug-likeness (QED) is 0.807. The van der Waals surface area contributed by atoms with E-state index in [0.29, 0.717) is 9.99 Å². The molecule has 0 unspecified atom stereocenters. The molecule has 0 amide bonds. The van der Waals surface area contributed by atoms with Gasteiger partial charge >= 0.3 is 5.97 Å². The summed E-state index contributed by atoms with van der Waals surface area (Å²) in [4.78, 5) is 15.3. The van der Waals surface area contributed by atoms with Crippen LogP contribution in [0, 0.1) is 6.92 Å². The number of fused-ring (bicyclic) bond motifs is 1. The monoisotopic (exact) mass is 265 g/mol. The lowest BCUT2D eigenvalue weighted by Gasteiger charge is -2.05. The van der Waals surface area contributed by atoms with E-state index in [1.807, 2.05) is 19.1 Å². The first-order chi connectivity index (χ1) is 7.09. The third-order valence-electron chi connectivity index (χ3n) is 2.24. The molecule has 2 rings (SSSR count). The van der Waals surface area contributed by atoms with E-state index in [2.05, 4.69) is 20.9 Å². The van der Waals surface area contributed by atoms with Crippen molar-refractivity contribution in [2.75, 3.05) is 0 Å². The van der Waals surface area contributed by atoms with E-state index in [1.54, 1.807) is 6.07 Å². The van der Waals surface area contributed by atoms with Gasteiger partial charge in [-0.3, -0.25) is 0 Å². The van der Waals surface area contributed by atoms with Crippen molar-refractivity contribution in [3.63, 3.8) is 0 Å². The van der Waals surface area contributed by atoms with Crippen molar-refractivity contribution in [2.45, 2.75) is 6.92 Å². The molecule has 0 aliphatic carbocycles. The molecule has 0 bridgehead atoms. The first kappa shape index (κ1) is 10.1. The van der Waals surface area contributed by atoms with E-state index in [0.717, 1.165) is 11.1 Å². The number of hydrogen-bond donors (Lipinski definition) is 1. The van der Waals surface area contributed by atoms with Gasteiger partial charge in [0.1, 0.15) is 4.60 Å². The first-order valence-electron chi connectivity index (χ1n) is 4.39. The number of rotatable bonds is 1. The van der Waals surface area contributed by atoms with Crippen molar-refractivity contribution in [2.24, 2.45) is 0 Å². The Bertz CT molecular complexity index is 552. The van der Waals surface area contributed by atoms with Crippen LogP contribution in [0.3, 0.4) is 0 Å². The van der Waals surface area contributed by atoms with Gasteiger partial charge in [0, 0.05) is 5.39 Å². The Morgan fingerprint density at radius 1 is 1.47 bits per heavy atom. The van der Waals surface area contributed by atoms with Crippen molar-refractivity contribution >= 4 is 32.8 Å². The molecule has 0 saturated carbocycles. The molecular weight excluding hydrogens is 258 g/mol. The maximum absolute atomic E-state index is 11.0. The molecule has 0 fully saturated rings. The molecule has 3 nitrogen and oxygen atoms in total. The molecule has 0 spiro atoms. The number of carbonyl (C=O) groups is 1. The summed E-state index contributed by atoms with van der Waals surface area (Å²) in [5, 5.41) is 9.72. The van der Waals surface area contributed by atoms with Crippen LogP contribution in [0.25, 0.3) is 10.9 Å². The molecule has 76 valence electrons. The molecular formula is C11H8BrNO2. The largest absolute Gasteiger partial charge is 0.478 e. The molecule has 4 heteroatoms. The Hall–Kier alpha value is -1.42. The van der Waals surface area contributed by atoms with Crippen molar-refractivity contribution in [3.05, 3.63) is 40.0 Å². The van der Waals surface area contributed by atoms with Gasteiger partial charge in [-0.15, -0.1) is 0 Å². The lowest BCUT2D eigenvalue weighted by atomic mass is 10.1. The van der Waals surface area contributed by atoms with Crippen LogP contribution in [-0.2, 0) is 0 Å². The van der Waals surface area contributed by atoms with Gasteiger partial charge in [-0.25, -0.2) is 9.78 Å². The summed E-state index contributed by atoms with van der Waals surface area (Å²) >= 11 is 3.21. The minimum Gasteiger partial charge on any atom is -0.478 e. The maximum Gasteiger partial charge on any atom is 0.336 e. The fraction of sp³-hybridized carbons (Fsp3) is 0.0909. The molecule has 15 heavy (non-hydrogen) atoms. The minimum absolute atomic E-state index is 0.274. The van der Waals surface area contributed by atoms with Gasteiger partial charge in [0.15, 0.2) is 0 Å². The number of carboxylic acids is 1. The zero-order valence-corrected chi connectivity index (χ0v) is 9.58. The summed E-state index contributed by atoms with van der Waals surface area (Å²) in [6.07, 6.45) is 0. The Labute approximate surface area is 94.9 Å². The molecule has 1 N–H and O–H groups in total. The zero-order valence-electron chi connectivity index (χ0n) is 7.99. The second-order valence-corrected chi connectivity index (χ2v) is 4.08. The summed E-state index contributed by atoms with van der Waals surface area (Å²) in [5.41, 5.74) is 1.97. The lowest BCUT2D eigenvalue weighted by Crippen LogP contribution is -1.99. The summed E-state index contributed by atoms with van der Waals surface area (Å²) in [6, 6.07) is 7.03. The fourth-order valence-corrected chi connectivity index (χ4v) is 1.94. The SMILES string of the molecule is Cc1cccc2c(C(=O)O)cc(Br)nc12. The summed E-state index contributed by atoms with van der Waals surface area (Å²) < 4.78 is 0.543. The van der Waals surface area contributed by atoms with Gasteiger partial charge in [-0.2, -0.15) is 0 Å². The van der Waals surface area contributed by atoms with E-state index in [-0.39, 0.29) is 5.56 Å². The Morgan fingerprint density at radius 2 is 2.20 bits per heavy atom. The fourth-order valence-electron chi connectivity index (χ4n) is 1.54. The lowest BCUT2D eigenvalue weighted by molar-refractivity contribution is 0.0699. The highest BCUT2D eigenvalue weighted by Gasteiger charge is 2.11. The summed E-state index contributed by atoms with van der Waals surface area (Å²) in [6.45, 7) is 1.91. The average Bonchev–Trinajstić information content (AvgIpc) is 2.18. The standard InChI is InChI=1S/C11H8BrNO2/c1-6-3-2-4-7-8(11(14)15)5-9(12)13-10(6)7/h2-5H,1H3,(H,14,15). The van der Waals surface area contributed by atoms with Crippen LogP contribution in [0.5, 0.6) is 0 Å². The molecule has 1 aromatic heterocycles. The number of hydrogen-bond acceptors (Lipinski definition) is 2. The van der Waals surface area contributed by atoms with Crippen molar-refractivity contribution in [1.29, 1.82) is 0 Å². The number of para-hydroxylation sites is 1. The van der Waals surface area contributed by atoms with Gasteiger partial charge in [0.25, 0.3) is 0 Å². The number of benzene rings is 1. The minimum atomic E-state index is -0.936. The Morgan fingerprint density at radius 3 is 2.87 bits per heavy atom. The number of pyridine rings is 1.